The molecule has 2 heterocycles. The third kappa shape index (κ3) is 5.75. The Labute approximate surface area is 215 Å². The Morgan fingerprint density at radius 3 is 2.41 bits per heavy atom. The molecule has 0 aliphatic heterocycles. The van der Waals surface area contributed by atoms with Gasteiger partial charge in [-0.3, -0.25) is 4.79 Å². The number of benzene rings is 2. The zero-order valence-corrected chi connectivity index (χ0v) is 21.4. The molecule has 2 N–H and O–H groups in total. The predicted octanol–water partition coefficient (Wildman–Crippen LogP) is 4.52. The number of anilines is 4. The molecule has 0 bridgehead atoms. The summed E-state index contributed by atoms with van der Waals surface area (Å²) in [6.45, 7) is 5.68. The van der Waals surface area contributed by atoms with Gasteiger partial charge in [0.05, 0.1) is 23.6 Å². The van der Waals surface area contributed by atoms with Gasteiger partial charge in [-0.25, -0.2) is 14.5 Å². The molecule has 0 aliphatic carbocycles. The Bertz CT molecular complexity index is 1430. The minimum absolute atomic E-state index is 0.140. The van der Waals surface area contributed by atoms with Crippen LogP contribution in [0.15, 0.2) is 60.8 Å². The van der Waals surface area contributed by atoms with Crippen molar-refractivity contribution < 1.29 is 14.3 Å². The fraction of sp³-hybridized carbons (Fsp3) is 0.222. The third-order valence-electron chi connectivity index (χ3n) is 5.54. The summed E-state index contributed by atoms with van der Waals surface area (Å²) in [4.78, 5) is 36.7. The number of ether oxygens (including phenoxy) is 1. The highest BCUT2D eigenvalue weighted by atomic mass is 16.5. The second-order valence-electron chi connectivity index (χ2n) is 8.56. The van der Waals surface area contributed by atoms with Crippen LogP contribution in [-0.4, -0.2) is 52.3 Å². The number of aryl methyl sites for hydroxylation is 2. The van der Waals surface area contributed by atoms with Crippen molar-refractivity contribution in [2.75, 3.05) is 36.2 Å². The van der Waals surface area contributed by atoms with Gasteiger partial charge in [0.25, 0.3) is 11.9 Å². The average Bonchev–Trinajstić information content (AvgIpc) is 3.22. The minimum Gasteiger partial charge on any atom is -0.462 e. The largest absolute Gasteiger partial charge is 0.462 e. The molecular weight excluding hydrogens is 470 g/mol. The molecule has 10 nitrogen and oxygen atoms in total. The number of carbonyl (C=O) groups excluding carboxylic acids is 2. The molecule has 0 unspecified atom stereocenters. The zero-order chi connectivity index (χ0) is 26.5. The number of amides is 1. The molecule has 190 valence electrons. The molecule has 2 aromatic carbocycles. The van der Waals surface area contributed by atoms with Gasteiger partial charge in [0.15, 0.2) is 5.82 Å². The highest BCUT2D eigenvalue weighted by Gasteiger charge is 2.20. The molecule has 37 heavy (non-hydrogen) atoms. The summed E-state index contributed by atoms with van der Waals surface area (Å²) in [5.74, 6) is -0.408. The van der Waals surface area contributed by atoms with Crippen molar-refractivity contribution in [1.29, 1.82) is 0 Å². The van der Waals surface area contributed by atoms with E-state index >= 15 is 0 Å². The van der Waals surface area contributed by atoms with Crippen LogP contribution in [0.3, 0.4) is 0 Å². The molecule has 4 aromatic rings. The first-order valence-corrected chi connectivity index (χ1v) is 11.8. The van der Waals surface area contributed by atoms with Gasteiger partial charge in [0.2, 0.25) is 0 Å². The fourth-order valence-corrected chi connectivity index (χ4v) is 3.72. The maximum absolute atomic E-state index is 13.2. The van der Waals surface area contributed by atoms with Crippen molar-refractivity contribution in [2.45, 2.75) is 20.8 Å². The summed E-state index contributed by atoms with van der Waals surface area (Å²) in [5.41, 5.74) is 4.31. The van der Waals surface area contributed by atoms with Gasteiger partial charge < -0.3 is 20.3 Å². The topological polar surface area (TPSA) is 114 Å². The van der Waals surface area contributed by atoms with E-state index in [0.717, 1.165) is 17.1 Å². The Kier molecular flexibility index (Phi) is 7.47. The van der Waals surface area contributed by atoms with Crippen molar-refractivity contribution in [2.24, 2.45) is 0 Å². The van der Waals surface area contributed by atoms with E-state index in [1.165, 1.54) is 6.20 Å². The van der Waals surface area contributed by atoms with Gasteiger partial charge in [-0.15, -0.1) is 0 Å². The number of esters is 1. The van der Waals surface area contributed by atoms with E-state index in [9.17, 15) is 9.59 Å². The second-order valence-corrected chi connectivity index (χ2v) is 8.56. The van der Waals surface area contributed by atoms with Gasteiger partial charge in [-0.05, 0) is 63.2 Å². The van der Waals surface area contributed by atoms with E-state index in [2.05, 4.69) is 25.7 Å². The first kappa shape index (κ1) is 25.4. The molecule has 0 fully saturated rings. The lowest BCUT2D eigenvalue weighted by molar-refractivity contribution is 0.0526. The van der Waals surface area contributed by atoms with E-state index in [4.69, 9.17) is 4.74 Å². The van der Waals surface area contributed by atoms with Crippen LogP contribution in [0.4, 0.5) is 22.9 Å². The highest BCUT2D eigenvalue weighted by molar-refractivity contribution is 6.08. The number of carbonyl (C=O) groups is 2. The number of hydrogen-bond acceptors (Lipinski definition) is 8. The van der Waals surface area contributed by atoms with Crippen LogP contribution in [-0.2, 0) is 4.74 Å². The maximum Gasteiger partial charge on any atom is 0.343 e. The van der Waals surface area contributed by atoms with Crippen molar-refractivity contribution >= 4 is 34.8 Å². The number of nitrogens with one attached hydrogen (secondary N) is 2. The number of aromatic nitrogens is 4. The summed E-state index contributed by atoms with van der Waals surface area (Å²) < 4.78 is 6.79. The molecule has 0 radical (unpaired) electrons. The molecule has 0 saturated heterocycles. The Balaban J connectivity index is 1.68. The van der Waals surface area contributed by atoms with Gasteiger partial charge in [0.1, 0.15) is 5.56 Å². The van der Waals surface area contributed by atoms with E-state index in [0.29, 0.717) is 16.9 Å². The number of para-hydroxylation sites is 1. The molecule has 10 heteroatoms. The quantitative estimate of drug-likeness (QED) is 0.340. The first-order valence-electron chi connectivity index (χ1n) is 11.8. The summed E-state index contributed by atoms with van der Waals surface area (Å²) in [6, 6.07) is 16.4. The van der Waals surface area contributed by atoms with Gasteiger partial charge in [-0.2, -0.15) is 10.1 Å². The lowest BCUT2D eigenvalue weighted by Gasteiger charge is -2.15. The van der Waals surface area contributed by atoms with Gasteiger partial charge in [-0.1, -0.05) is 12.1 Å². The molecule has 0 saturated carbocycles. The number of nitrogens with zero attached hydrogens (tertiary/aromatic N) is 5. The van der Waals surface area contributed by atoms with Gasteiger partial charge >= 0.3 is 5.97 Å². The monoisotopic (exact) mass is 499 g/mol. The van der Waals surface area contributed by atoms with Crippen molar-refractivity contribution in [1.82, 2.24) is 19.7 Å². The van der Waals surface area contributed by atoms with Crippen LogP contribution < -0.4 is 15.5 Å². The van der Waals surface area contributed by atoms with Crippen molar-refractivity contribution in [3.05, 3.63) is 83.3 Å². The predicted molar refractivity (Wildman–Crippen MR) is 143 cm³/mol. The van der Waals surface area contributed by atoms with Crippen LogP contribution >= 0.6 is 0 Å². The third-order valence-corrected chi connectivity index (χ3v) is 5.54. The summed E-state index contributed by atoms with van der Waals surface area (Å²) in [6.07, 6.45) is 1.40. The number of rotatable bonds is 8. The molecule has 2 aromatic heterocycles. The van der Waals surface area contributed by atoms with E-state index in [1.807, 2.05) is 63.2 Å². The fourth-order valence-electron chi connectivity index (χ4n) is 3.72. The van der Waals surface area contributed by atoms with E-state index in [-0.39, 0.29) is 29.8 Å². The van der Waals surface area contributed by atoms with Crippen LogP contribution in [0.1, 0.15) is 39.0 Å². The van der Waals surface area contributed by atoms with E-state index in [1.54, 1.807) is 35.9 Å². The highest BCUT2D eigenvalue weighted by Crippen LogP contribution is 2.25. The SMILES string of the molecule is CCOC(=O)c1cnc(-n2nc(C)cc2C)nc1Nc1ccccc1C(=O)Nc1ccc(N(C)C)cc1. The lowest BCUT2D eigenvalue weighted by atomic mass is 10.1. The van der Waals surface area contributed by atoms with E-state index < -0.39 is 5.97 Å². The minimum atomic E-state index is -0.576. The van der Waals surface area contributed by atoms with Crippen LogP contribution in [0.2, 0.25) is 0 Å². The summed E-state index contributed by atoms with van der Waals surface area (Å²) >= 11 is 0. The number of hydrogen-bond donors (Lipinski definition) is 2. The molecule has 0 spiro atoms. The molecular formula is C27H29N7O3. The van der Waals surface area contributed by atoms with Crippen LogP contribution in [0.5, 0.6) is 0 Å². The van der Waals surface area contributed by atoms with Crippen molar-refractivity contribution in [3.8, 4) is 5.95 Å². The molecule has 0 atom stereocenters. The molecule has 1 amide bonds. The molecule has 4 rings (SSSR count). The lowest BCUT2D eigenvalue weighted by Crippen LogP contribution is -2.16. The Morgan fingerprint density at radius 1 is 1.03 bits per heavy atom. The average molecular weight is 500 g/mol. The normalized spacial score (nSPS) is 10.6. The molecule has 0 aliphatic rings. The second kappa shape index (κ2) is 10.9. The zero-order valence-electron chi connectivity index (χ0n) is 21.4. The standard InChI is InChI=1S/C27H29N7O3/c1-6-37-26(36)22-16-28-27(34-18(3)15-17(2)32-34)31-24(22)30-23-10-8-7-9-21(23)25(35)29-19-11-13-20(14-12-19)33(4)5/h7-16H,6H2,1-5H3,(H,29,35)(H,28,30,31). The Hall–Kier alpha value is -4.73. The van der Waals surface area contributed by atoms with Crippen LogP contribution in [0, 0.1) is 13.8 Å². The maximum atomic E-state index is 13.2. The van der Waals surface area contributed by atoms with Crippen molar-refractivity contribution in [3.63, 3.8) is 0 Å². The Morgan fingerprint density at radius 2 is 1.76 bits per heavy atom. The smallest absolute Gasteiger partial charge is 0.343 e. The summed E-state index contributed by atoms with van der Waals surface area (Å²) in [5, 5.41) is 10.5. The summed E-state index contributed by atoms with van der Waals surface area (Å²) in [7, 11) is 3.90. The van der Waals surface area contributed by atoms with Crippen LogP contribution in [0.25, 0.3) is 5.95 Å². The first-order chi connectivity index (χ1) is 17.8. The van der Waals surface area contributed by atoms with Gasteiger partial charge in [0, 0.05) is 37.4 Å².